The molecule has 6 rings (SSSR count). The number of halogens is 2. The second-order valence-electron chi connectivity index (χ2n) is 15.0. The molecule has 4 aromatic rings. The average molecular weight is 663 g/mol. The molecule has 2 fully saturated rings. The fourth-order valence-electron chi connectivity index (χ4n) is 8.61. The van der Waals surface area contributed by atoms with Crippen LogP contribution in [0.5, 0.6) is 0 Å². The van der Waals surface area contributed by atoms with E-state index in [4.69, 9.17) is 4.74 Å². The van der Waals surface area contributed by atoms with Crippen LogP contribution in [-0.2, 0) is 17.6 Å². The summed E-state index contributed by atoms with van der Waals surface area (Å²) in [6.45, 7) is 5.38. The lowest BCUT2D eigenvalue weighted by molar-refractivity contribution is 0.139. The Balaban J connectivity index is 0.935. The molecule has 0 atom stereocenters. The van der Waals surface area contributed by atoms with E-state index in [0.717, 1.165) is 34.1 Å². The van der Waals surface area contributed by atoms with E-state index in [9.17, 15) is 0 Å². The second-order valence-corrected chi connectivity index (χ2v) is 15.0. The largest absolute Gasteiger partial charge is 0.381 e. The highest BCUT2D eigenvalue weighted by molar-refractivity contribution is 5.65. The van der Waals surface area contributed by atoms with Crippen molar-refractivity contribution in [1.29, 1.82) is 0 Å². The molecule has 4 aromatic carbocycles. The average Bonchev–Trinajstić information content (AvgIpc) is 3.14. The van der Waals surface area contributed by atoms with Crippen molar-refractivity contribution in [2.24, 2.45) is 11.8 Å². The maximum Gasteiger partial charge on any atom is 0.127 e. The second kappa shape index (κ2) is 17.6. The number of hydrogen-bond acceptors (Lipinski definition) is 1. The van der Waals surface area contributed by atoms with Gasteiger partial charge in [-0.15, -0.1) is 0 Å². The van der Waals surface area contributed by atoms with Gasteiger partial charge < -0.3 is 4.74 Å². The van der Waals surface area contributed by atoms with E-state index < -0.39 is 0 Å². The summed E-state index contributed by atoms with van der Waals surface area (Å²) in [4.78, 5) is 0. The maximum absolute atomic E-state index is 15.1. The first-order valence-electron chi connectivity index (χ1n) is 19.4. The summed E-state index contributed by atoms with van der Waals surface area (Å²) in [6.07, 6.45) is 16.8. The Hall–Kier alpha value is -3.30. The molecule has 0 heterocycles. The first kappa shape index (κ1) is 35.5. The van der Waals surface area contributed by atoms with E-state index in [1.54, 1.807) is 12.1 Å². The zero-order chi connectivity index (χ0) is 34.0. The zero-order valence-electron chi connectivity index (χ0n) is 29.9. The topological polar surface area (TPSA) is 9.23 Å². The standard InChI is InChI=1S/C46H56F2O/c1-3-5-33-7-11-35(12-8-33)37-15-19-39(20-16-37)43-25-23-41(45(47)31-43)27-29-49-30-28-42-24-26-44(32-46(42)48)40-21-17-38(18-22-40)36-13-9-34(6-4-2)10-14-36/h15-26,31-36H,3-14,27-30H2,1-2H3. The van der Waals surface area contributed by atoms with Crippen molar-refractivity contribution in [3.05, 3.63) is 119 Å². The van der Waals surface area contributed by atoms with Gasteiger partial charge in [-0.1, -0.05) is 112 Å². The molecule has 2 aliphatic carbocycles. The molecule has 0 aliphatic heterocycles. The van der Waals surface area contributed by atoms with Gasteiger partial charge >= 0.3 is 0 Å². The molecule has 0 spiro atoms. The van der Waals surface area contributed by atoms with Crippen LogP contribution >= 0.6 is 0 Å². The first-order valence-corrected chi connectivity index (χ1v) is 19.4. The molecule has 0 aromatic heterocycles. The highest BCUT2D eigenvalue weighted by atomic mass is 19.1. The van der Waals surface area contributed by atoms with Gasteiger partial charge in [-0.2, -0.15) is 0 Å². The number of ether oxygens (including phenoxy) is 1. The molecule has 3 heteroatoms. The zero-order valence-corrected chi connectivity index (χ0v) is 29.9. The predicted molar refractivity (Wildman–Crippen MR) is 201 cm³/mol. The third kappa shape index (κ3) is 9.48. The summed E-state index contributed by atoms with van der Waals surface area (Å²) in [6, 6.07) is 28.6. The van der Waals surface area contributed by atoms with Crippen LogP contribution in [0.4, 0.5) is 8.78 Å². The predicted octanol–water partition coefficient (Wildman–Crippen LogP) is 13.2. The van der Waals surface area contributed by atoms with Crippen LogP contribution in [0.25, 0.3) is 22.3 Å². The summed E-state index contributed by atoms with van der Waals surface area (Å²) in [5.74, 6) is 2.73. The number of rotatable bonds is 14. The van der Waals surface area contributed by atoms with E-state index in [-0.39, 0.29) is 11.6 Å². The van der Waals surface area contributed by atoms with E-state index in [1.165, 1.54) is 88.2 Å². The van der Waals surface area contributed by atoms with Crippen LogP contribution in [0.2, 0.25) is 0 Å². The van der Waals surface area contributed by atoms with Gasteiger partial charge in [-0.3, -0.25) is 0 Å². The van der Waals surface area contributed by atoms with Crippen LogP contribution in [0, 0.1) is 23.5 Å². The van der Waals surface area contributed by atoms with Gasteiger partial charge in [0.1, 0.15) is 11.6 Å². The van der Waals surface area contributed by atoms with Crippen LogP contribution in [0.15, 0.2) is 84.9 Å². The van der Waals surface area contributed by atoms with E-state index in [2.05, 4.69) is 62.4 Å². The Morgan fingerprint density at radius 2 is 0.857 bits per heavy atom. The molecule has 0 saturated heterocycles. The van der Waals surface area contributed by atoms with Gasteiger partial charge in [0.05, 0.1) is 13.2 Å². The van der Waals surface area contributed by atoms with Crippen molar-refractivity contribution in [1.82, 2.24) is 0 Å². The van der Waals surface area contributed by atoms with Gasteiger partial charge in [-0.05, 0) is 145 Å². The lowest BCUT2D eigenvalue weighted by Crippen LogP contribution is -2.13. The molecule has 0 bridgehead atoms. The third-order valence-electron chi connectivity index (χ3n) is 11.7. The Labute approximate surface area is 294 Å². The van der Waals surface area contributed by atoms with Crippen LogP contribution < -0.4 is 0 Å². The van der Waals surface area contributed by atoms with Crippen LogP contribution in [0.3, 0.4) is 0 Å². The monoisotopic (exact) mass is 662 g/mol. The molecule has 0 unspecified atom stereocenters. The molecular formula is C46H56F2O. The maximum atomic E-state index is 15.1. The quantitative estimate of drug-likeness (QED) is 0.122. The molecule has 0 amide bonds. The van der Waals surface area contributed by atoms with Gasteiger partial charge in [0, 0.05) is 0 Å². The van der Waals surface area contributed by atoms with Crippen LogP contribution in [-0.4, -0.2) is 13.2 Å². The summed E-state index contributed by atoms with van der Waals surface area (Å²) in [5, 5.41) is 0. The molecule has 2 saturated carbocycles. The highest BCUT2D eigenvalue weighted by Gasteiger charge is 2.23. The molecule has 2 aliphatic rings. The normalized spacial score (nSPS) is 21.1. The Kier molecular flexibility index (Phi) is 12.7. The Bertz CT molecular complexity index is 1470. The Morgan fingerprint density at radius 1 is 0.490 bits per heavy atom. The minimum absolute atomic E-state index is 0.201. The number of benzene rings is 4. The lowest BCUT2D eigenvalue weighted by Gasteiger charge is -2.28. The van der Waals surface area contributed by atoms with Crippen molar-refractivity contribution in [3.63, 3.8) is 0 Å². The van der Waals surface area contributed by atoms with Crippen molar-refractivity contribution < 1.29 is 13.5 Å². The summed E-state index contributed by atoms with van der Waals surface area (Å²) >= 11 is 0. The van der Waals surface area contributed by atoms with Crippen molar-refractivity contribution >= 4 is 0 Å². The summed E-state index contributed by atoms with van der Waals surface area (Å²) < 4.78 is 36.0. The Morgan fingerprint density at radius 3 is 1.20 bits per heavy atom. The number of hydrogen-bond donors (Lipinski definition) is 0. The van der Waals surface area contributed by atoms with E-state index >= 15 is 8.78 Å². The van der Waals surface area contributed by atoms with Crippen molar-refractivity contribution in [2.75, 3.05) is 13.2 Å². The smallest absolute Gasteiger partial charge is 0.127 e. The molecular weight excluding hydrogens is 607 g/mol. The van der Waals surface area contributed by atoms with Gasteiger partial charge in [0.25, 0.3) is 0 Å². The van der Waals surface area contributed by atoms with Crippen molar-refractivity contribution in [2.45, 2.75) is 116 Å². The molecule has 49 heavy (non-hydrogen) atoms. The molecule has 260 valence electrons. The fourth-order valence-corrected chi connectivity index (χ4v) is 8.61. The fraction of sp³-hybridized carbons (Fsp3) is 0.478. The first-order chi connectivity index (χ1) is 24.0. The highest BCUT2D eigenvalue weighted by Crippen LogP contribution is 2.39. The summed E-state index contributed by atoms with van der Waals surface area (Å²) in [7, 11) is 0. The SMILES string of the molecule is CCCC1CCC(c2ccc(-c3ccc(CCOCCc4ccc(-c5ccc(C6CCC(CCC)CC6)cc5)cc4F)c(F)c3)cc2)CC1. The van der Waals surface area contributed by atoms with Crippen LogP contribution in [0.1, 0.15) is 125 Å². The molecule has 0 radical (unpaired) electrons. The van der Waals surface area contributed by atoms with Gasteiger partial charge in [0.2, 0.25) is 0 Å². The van der Waals surface area contributed by atoms with E-state index in [0.29, 0.717) is 49.0 Å². The molecule has 1 nitrogen and oxygen atoms in total. The summed E-state index contributed by atoms with van der Waals surface area (Å²) in [5.41, 5.74) is 8.04. The lowest BCUT2D eigenvalue weighted by atomic mass is 9.77. The van der Waals surface area contributed by atoms with E-state index in [1.807, 2.05) is 24.3 Å². The van der Waals surface area contributed by atoms with Crippen molar-refractivity contribution in [3.8, 4) is 22.3 Å². The molecule has 0 N–H and O–H groups in total. The minimum Gasteiger partial charge on any atom is -0.381 e. The van der Waals surface area contributed by atoms with Gasteiger partial charge in [-0.25, -0.2) is 8.78 Å². The minimum atomic E-state index is -0.201. The van der Waals surface area contributed by atoms with Gasteiger partial charge in [0.15, 0.2) is 0 Å². The third-order valence-corrected chi connectivity index (χ3v) is 11.7.